The number of hydrogen-bond acceptors (Lipinski definition) is 6. The van der Waals surface area contributed by atoms with Gasteiger partial charge in [0.2, 0.25) is 0 Å². The lowest BCUT2D eigenvalue weighted by molar-refractivity contribution is 0.101. The maximum absolute atomic E-state index is 5.72. The largest absolute Gasteiger partial charge is 0.304 e. The number of piperazine rings is 1. The van der Waals surface area contributed by atoms with E-state index in [1.807, 2.05) is 6.92 Å². The van der Waals surface area contributed by atoms with Crippen molar-refractivity contribution in [3.05, 3.63) is 16.1 Å². The van der Waals surface area contributed by atoms with Crippen molar-refractivity contribution < 1.29 is 0 Å². The molecule has 5 nitrogen and oxygen atoms in total. The Labute approximate surface area is 119 Å². The summed E-state index contributed by atoms with van der Waals surface area (Å²) in [6.07, 6.45) is 1.99. The summed E-state index contributed by atoms with van der Waals surface area (Å²) in [5, 5.41) is 3.27. The first kappa shape index (κ1) is 14.9. The normalized spacial score (nSPS) is 23.7. The van der Waals surface area contributed by atoms with Crippen LogP contribution in [0.2, 0.25) is 0 Å². The van der Waals surface area contributed by atoms with Crippen LogP contribution in [0.25, 0.3) is 0 Å². The molecule has 0 radical (unpaired) electrons. The van der Waals surface area contributed by atoms with Gasteiger partial charge in [0.05, 0.1) is 5.01 Å². The standard InChI is InChI=1S/C13H25N5S/c1-10-9-19-13(15-10)7-11(16-14)6-12-8-17(2)4-5-18(12)3/h9,11-12,16H,4-8,14H2,1-3H3. The van der Waals surface area contributed by atoms with Gasteiger partial charge in [0.1, 0.15) is 0 Å². The van der Waals surface area contributed by atoms with E-state index in [4.69, 9.17) is 5.84 Å². The highest BCUT2D eigenvalue weighted by Crippen LogP contribution is 2.16. The molecule has 3 N–H and O–H groups in total. The van der Waals surface area contributed by atoms with Crippen LogP contribution in [0.4, 0.5) is 0 Å². The van der Waals surface area contributed by atoms with Gasteiger partial charge >= 0.3 is 0 Å². The van der Waals surface area contributed by atoms with E-state index in [9.17, 15) is 0 Å². The fourth-order valence-electron chi connectivity index (χ4n) is 2.60. The third-order valence-electron chi connectivity index (χ3n) is 3.86. The number of aromatic nitrogens is 1. The predicted octanol–water partition coefficient (Wildman–Crippen LogP) is 0.462. The number of aryl methyl sites for hydroxylation is 1. The molecule has 2 atom stereocenters. The predicted molar refractivity (Wildman–Crippen MR) is 80.2 cm³/mol. The molecule has 2 heterocycles. The molecule has 108 valence electrons. The molecule has 1 aliphatic rings. The van der Waals surface area contributed by atoms with Gasteiger partial charge in [-0.2, -0.15) is 0 Å². The molecule has 0 aromatic carbocycles. The van der Waals surface area contributed by atoms with Crippen LogP contribution in [-0.2, 0) is 6.42 Å². The third kappa shape index (κ3) is 4.22. The van der Waals surface area contributed by atoms with Crippen molar-refractivity contribution in [2.24, 2.45) is 5.84 Å². The zero-order chi connectivity index (χ0) is 13.8. The quantitative estimate of drug-likeness (QED) is 0.607. The Bertz CT molecular complexity index is 394. The zero-order valence-corrected chi connectivity index (χ0v) is 12.9. The molecule has 2 rings (SSSR count). The van der Waals surface area contributed by atoms with Gasteiger partial charge in [0, 0.05) is 49.2 Å². The topological polar surface area (TPSA) is 57.4 Å². The van der Waals surface area contributed by atoms with Gasteiger partial charge in [0.15, 0.2) is 0 Å². The second kappa shape index (κ2) is 6.76. The maximum atomic E-state index is 5.72. The van der Waals surface area contributed by atoms with Crippen LogP contribution in [0.3, 0.4) is 0 Å². The smallest absolute Gasteiger partial charge is 0.0944 e. The van der Waals surface area contributed by atoms with Crippen molar-refractivity contribution >= 4 is 11.3 Å². The van der Waals surface area contributed by atoms with Gasteiger partial charge in [-0.15, -0.1) is 11.3 Å². The molecule has 0 saturated carbocycles. The minimum atomic E-state index is 0.296. The number of nitrogens with one attached hydrogen (secondary N) is 1. The molecular weight excluding hydrogens is 258 g/mol. The molecule has 0 bridgehead atoms. The molecule has 1 aromatic heterocycles. The van der Waals surface area contributed by atoms with Crippen LogP contribution in [0.1, 0.15) is 17.1 Å². The summed E-state index contributed by atoms with van der Waals surface area (Å²) in [5.41, 5.74) is 4.07. The number of hydrazine groups is 1. The molecule has 0 amide bonds. The monoisotopic (exact) mass is 283 g/mol. The average molecular weight is 283 g/mol. The van der Waals surface area contributed by atoms with E-state index in [1.54, 1.807) is 11.3 Å². The Morgan fingerprint density at radius 1 is 1.53 bits per heavy atom. The molecule has 2 unspecified atom stereocenters. The van der Waals surface area contributed by atoms with E-state index in [0.717, 1.165) is 38.2 Å². The van der Waals surface area contributed by atoms with Crippen LogP contribution in [-0.4, -0.2) is 60.6 Å². The molecule has 1 aliphatic heterocycles. The molecule has 1 aromatic rings. The van der Waals surface area contributed by atoms with Crippen LogP contribution in [0.15, 0.2) is 5.38 Å². The van der Waals surface area contributed by atoms with Gasteiger partial charge in [-0.1, -0.05) is 0 Å². The van der Waals surface area contributed by atoms with Crippen LogP contribution >= 0.6 is 11.3 Å². The summed E-state index contributed by atoms with van der Waals surface area (Å²) in [6.45, 7) is 5.44. The molecule has 0 aliphatic carbocycles. The van der Waals surface area contributed by atoms with Gasteiger partial charge in [0.25, 0.3) is 0 Å². The highest BCUT2D eigenvalue weighted by molar-refractivity contribution is 7.09. The highest BCUT2D eigenvalue weighted by Gasteiger charge is 2.25. The number of nitrogens with zero attached hydrogens (tertiary/aromatic N) is 3. The van der Waals surface area contributed by atoms with Gasteiger partial charge in [-0.3, -0.25) is 11.3 Å². The van der Waals surface area contributed by atoms with E-state index >= 15 is 0 Å². The number of likely N-dealkylation sites (N-methyl/N-ethyl adjacent to an activating group) is 2. The van der Waals surface area contributed by atoms with Crippen molar-refractivity contribution in [1.82, 2.24) is 20.2 Å². The van der Waals surface area contributed by atoms with E-state index in [2.05, 4.69) is 39.7 Å². The number of nitrogens with two attached hydrogens (primary N) is 1. The van der Waals surface area contributed by atoms with Gasteiger partial charge < -0.3 is 9.80 Å². The minimum absolute atomic E-state index is 0.296. The lowest BCUT2D eigenvalue weighted by atomic mass is 10.0. The number of thiazole rings is 1. The fraction of sp³-hybridized carbons (Fsp3) is 0.769. The summed E-state index contributed by atoms with van der Waals surface area (Å²) in [6, 6.07) is 0.866. The lowest BCUT2D eigenvalue weighted by Crippen LogP contribution is -2.53. The maximum Gasteiger partial charge on any atom is 0.0944 e. The van der Waals surface area contributed by atoms with Crippen molar-refractivity contribution in [2.45, 2.75) is 31.8 Å². The van der Waals surface area contributed by atoms with E-state index in [0.29, 0.717) is 12.1 Å². The van der Waals surface area contributed by atoms with E-state index in [1.165, 1.54) is 5.01 Å². The first-order valence-electron chi connectivity index (χ1n) is 6.84. The summed E-state index contributed by atoms with van der Waals surface area (Å²) in [7, 11) is 4.40. The minimum Gasteiger partial charge on any atom is -0.304 e. The second-order valence-corrected chi connectivity index (χ2v) is 6.53. The fourth-order valence-corrected chi connectivity index (χ4v) is 3.46. The van der Waals surface area contributed by atoms with E-state index in [-0.39, 0.29) is 0 Å². The Morgan fingerprint density at radius 2 is 2.32 bits per heavy atom. The molecule has 6 heteroatoms. The molecular formula is C13H25N5S. The second-order valence-electron chi connectivity index (χ2n) is 5.58. The van der Waals surface area contributed by atoms with Gasteiger partial charge in [-0.05, 0) is 27.4 Å². The summed E-state index contributed by atoms with van der Waals surface area (Å²) in [4.78, 5) is 9.36. The molecule has 0 spiro atoms. The number of rotatable bonds is 5. The SMILES string of the molecule is Cc1csc(CC(CC2CN(C)CCN2C)NN)n1. The van der Waals surface area contributed by atoms with Crippen LogP contribution in [0.5, 0.6) is 0 Å². The molecule has 19 heavy (non-hydrogen) atoms. The van der Waals surface area contributed by atoms with Crippen LogP contribution in [0, 0.1) is 6.92 Å². The summed E-state index contributed by atoms with van der Waals surface area (Å²) < 4.78 is 0. The Kier molecular flexibility index (Phi) is 5.29. The van der Waals surface area contributed by atoms with E-state index < -0.39 is 0 Å². The first-order valence-corrected chi connectivity index (χ1v) is 7.72. The lowest BCUT2D eigenvalue weighted by Gasteiger charge is -2.39. The first-order chi connectivity index (χ1) is 9.08. The van der Waals surface area contributed by atoms with Crippen molar-refractivity contribution in [2.75, 3.05) is 33.7 Å². The van der Waals surface area contributed by atoms with Crippen LogP contribution < -0.4 is 11.3 Å². The molecule has 1 saturated heterocycles. The Morgan fingerprint density at radius 3 is 2.95 bits per heavy atom. The average Bonchev–Trinajstić information content (AvgIpc) is 2.78. The molecule has 1 fully saturated rings. The van der Waals surface area contributed by atoms with Gasteiger partial charge in [-0.25, -0.2) is 4.98 Å². The summed E-state index contributed by atoms with van der Waals surface area (Å²) in [5.74, 6) is 5.72. The highest BCUT2D eigenvalue weighted by atomic mass is 32.1. The Hall–Kier alpha value is -0.530. The zero-order valence-electron chi connectivity index (χ0n) is 12.1. The number of hydrogen-bond donors (Lipinski definition) is 2. The van der Waals surface area contributed by atoms with Crippen molar-refractivity contribution in [3.8, 4) is 0 Å². The van der Waals surface area contributed by atoms with Crippen molar-refractivity contribution in [3.63, 3.8) is 0 Å². The third-order valence-corrected chi connectivity index (χ3v) is 4.85. The Balaban J connectivity index is 1.90. The summed E-state index contributed by atoms with van der Waals surface area (Å²) >= 11 is 1.73. The van der Waals surface area contributed by atoms with Crippen molar-refractivity contribution in [1.29, 1.82) is 0 Å².